The van der Waals surface area contributed by atoms with Gasteiger partial charge >= 0.3 is 12.1 Å². The predicted octanol–water partition coefficient (Wildman–Crippen LogP) is 5.54. The Balaban J connectivity index is 1.19. The van der Waals surface area contributed by atoms with Crippen LogP contribution in [0.15, 0.2) is 97.1 Å². The van der Waals surface area contributed by atoms with E-state index >= 15 is 0 Å². The third kappa shape index (κ3) is 4.94. The highest BCUT2D eigenvalue weighted by Gasteiger charge is 2.40. The molecule has 1 heterocycles. The molecule has 0 unspecified atom stereocenters. The zero-order valence-electron chi connectivity index (χ0n) is 21.6. The lowest BCUT2D eigenvalue weighted by Crippen LogP contribution is -2.47. The van der Waals surface area contributed by atoms with Crippen LogP contribution in [-0.4, -0.2) is 41.6 Å². The van der Waals surface area contributed by atoms with Crippen molar-refractivity contribution in [2.24, 2.45) is 0 Å². The van der Waals surface area contributed by atoms with Gasteiger partial charge in [-0.1, -0.05) is 95.5 Å². The van der Waals surface area contributed by atoms with E-state index in [2.05, 4.69) is 5.32 Å². The molecule has 9 heteroatoms. The monoisotopic (exact) mass is 566 g/mol. The highest BCUT2D eigenvalue weighted by Crippen LogP contribution is 2.44. The second kappa shape index (κ2) is 10.9. The van der Waals surface area contributed by atoms with Gasteiger partial charge in [-0.15, -0.1) is 0 Å². The summed E-state index contributed by atoms with van der Waals surface area (Å²) < 4.78 is 5.61. The Kier molecular flexibility index (Phi) is 6.99. The van der Waals surface area contributed by atoms with Crippen LogP contribution in [0.1, 0.15) is 43.3 Å². The fraction of sp³-hybridized carbons (Fsp3) is 0.125. The minimum absolute atomic E-state index is 0.0339. The zero-order valence-corrected chi connectivity index (χ0v) is 22.3. The molecular weight excluding hydrogens is 544 g/mol. The number of amides is 3. The molecular formula is C32H23ClN2O6. The van der Waals surface area contributed by atoms with Crippen molar-refractivity contribution in [3.8, 4) is 11.1 Å². The lowest BCUT2D eigenvalue weighted by atomic mass is 9.98. The number of hydrogen-bond acceptors (Lipinski definition) is 6. The third-order valence-electron chi connectivity index (χ3n) is 7.24. The molecule has 4 aromatic rings. The highest BCUT2D eigenvalue weighted by molar-refractivity contribution is 6.31. The van der Waals surface area contributed by atoms with Crippen molar-refractivity contribution in [3.05, 3.63) is 130 Å². The van der Waals surface area contributed by atoms with Crippen molar-refractivity contribution in [2.45, 2.75) is 18.4 Å². The summed E-state index contributed by atoms with van der Waals surface area (Å²) in [6.45, 7) is 0.0339. The molecule has 4 aromatic carbocycles. The molecule has 0 radical (unpaired) electrons. The number of imide groups is 1. The maximum atomic E-state index is 13.3. The van der Waals surface area contributed by atoms with Crippen LogP contribution < -0.4 is 5.32 Å². The average Bonchev–Trinajstić information content (AvgIpc) is 3.44. The number of rotatable bonds is 7. The first-order chi connectivity index (χ1) is 19.9. The molecule has 1 aliphatic carbocycles. The van der Waals surface area contributed by atoms with Gasteiger partial charge in [0.25, 0.3) is 11.8 Å². The fourth-order valence-electron chi connectivity index (χ4n) is 5.26. The number of carbonyl (C=O) groups excluding carboxylic acids is 4. The van der Waals surface area contributed by atoms with Gasteiger partial charge in [-0.25, -0.2) is 9.59 Å². The largest absolute Gasteiger partial charge is 0.449 e. The lowest BCUT2D eigenvalue weighted by Gasteiger charge is -2.21. The van der Waals surface area contributed by atoms with E-state index in [0.717, 1.165) is 22.3 Å². The molecule has 8 nitrogen and oxygen atoms in total. The number of carbonyl (C=O) groups is 4. The van der Waals surface area contributed by atoms with E-state index in [1.165, 1.54) is 12.1 Å². The maximum absolute atomic E-state index is 13.3. The van der Waals surface area contributed by atoms with Gasteiger partial charge in [-0.2, -0.15) is 0 Å². The molecule has 1 aliphatic heterocycles. The van der Waals surface area contributed by atoms with Crippen molar-refractivity contribution < 1.29 is 28.8 Å². The number of halogens is 1. The molecule has 1 atom stereocenters. The summed E-state index contributed by atoms with van der Waals surface area (Å²) in [6.07, 6.45) is -0.922. The number of benzene rings is 4. The molecule has 0 aromatic heterocycles. The summed E-state index contributed by atoms with van der Waals surface area (Å²) in [5.41, 5.74) is 5.04. The van der Waals surface area contributed by atoms with Crippen LogP contribution in [-0.2, 0) is 20.8 Å². The van der Waals surface area contributed by atoms with Gasteiger partial charge in [-0.05, 0) is 46.0 Å². The van der Waals surface area contributed by atoms with Gasteiger partial charge in [0.05, 0.1) is 11.1 Å². The minimum Gasteiger partial charge on any atom is -0.449 e. The van der Waals surface area contributed by atoms with Gasteiger partial charge < -0.3 is 14.9 Å². The van der Waals surface area contributed by atoms with Crippen LogP contribution >= 0.6 is 11.6 Å². The first-order valence-corrected chi connectivity index (χ1v) is 13.3. The summed E-state index contributed by atoms with van der Waals surface area (Å²) in [6, 6.07) is 27.5. The zero-order chi connectivity index (χ0) is 28.5. The first-order valence-electron chi connectivity index (χ1n) is 13.0. The fourth-order valence-corrected chi connectivity index (χ4v) is 5.48. The molecule has 1 N–H and O–H groups in total. The van der Waals surface area contributed by atoms with Crippen LogP contribution in [0.2, 0.25) is 5.02 Å². The lowest BCUT2D eigenvalue weighted by molar-refractivity contribution is -0.171. The Morgan fingerprint density at radius 2 is 1.27 bits per heavy atom. The van der Waals surface area contributed by atoms with Crippen LogP contribution in [0.25, 0.3) is 11.1 Å². The van der Waals surface area contributed by atoms with E-state index in [1.54, 1.807) is 36.4 Å². The van der Waals surface area contributed by atoms with Gasteiger partial charge in [0.2, 0.25) is 0 Å². The second-order valence-corrected chi connectivity index (χ2v) is 10.1. The van der Waals surface area contributed by atoms with Crippen LogP contribution in [0.4, 0.5) is 4.79 Å². The molecule has 3 amide bonds. The Bertz CT molecular complexity index is 1620. The summed E-state index contributed by atoms with van der Waals surface area (Å²) in [5.74, 6) is -2.73. The highest BCUT2D eigenvalue weighted by atomic mass is 35.5. The van der Waals surface area contributed by atoms with Crippen LogP contribution in [0.3, 0.4) is 0 Å². The molecule has 41 heavy (non-hydrogen) atoms. The molecule has 0 bridgehead atoms. The van der Waals surface area contributed by atoms with Crippen molar-refractivity contribution in [1.29, 1.82) is 0 Å². The van der Waals surface area contributed by atoms with E-state index in [-0.39, 0.29) is 30.1 Å². The van der Waals surface area contributed by atoms with Gasteiger partial charge in [-0.3, -0.25) is 9.59 Å². The first kappa shape index (κ1) is 26.3. The SMILES string of the molecule is O=C(N[C@@H](Cc1ccccc1Cl)C(=O)ON1C(=O)c2ccccc2C1=O)OCC1c2ccccc2-c2ccccc21. The van der Waals surface area contributed by atoms with Crippen molar-refractivity contribution in [3.63, 3.8) is 0 Å². The second-order valence-electron chi connectivity index (χ2n) is 9.68. The minimum atomic E-state index is -1.31. The Morgan fingerprint density at radius 3 is 1.85 bits per heavy atom. The number of alkyl carbamates (subject to hydrolysis) is 1. The molecule has 2 aliphatic rings. The van der Waals surface area contributed by atoms with Gasteiger partial charge in [0.15, 0.2) is 0 Å². The number of nitrogens with zero attached hydrogens (tertiary/aromatic N) is 1. The molecule has 6 rings (SSSR count). The van der Waals surface area contributed by atoms with Gasteiger partial charge in [0.1, 0.15) is 12.6 Å². The van der Waals surface area contributed by atoms with Crippen LogP contribution in [0, 0.1) is 0 Å². The van der Waals surface area contributed by atoms with E-state index < -0.39 is 29.9 Å². The summed E-state index contributed by atoms with van der Waals surface area (Å²) in [7, 11) is 0. The summed E-state index contributed by atoms with van der Waals surface area (Å²) >= 11 is 6.32. The molecule has 204 valence electrons. The summed E-state index contributed by atoms with van der Waals surface area (Å²) in [5, 5.41) is 3.33. The smallest absolute Gasteiger partial charge is 0.407 e. The van der Waals surface area contributed by atoms with E-state index in [0.29, 0.717) is 15.6 Å². The Morgan fingerprint density at radius 1 is 0.756 bits per heavy atom. The normalized spacial score (nSPS) is 14.2. The Labute approximate surface area is 240 Å². The van der Waals surface area contributed by atoms with Crippen molar-refractivity contribution >= 4 is 35.5 Å². The molecule has 0 fully saturated rings. The van der Waals surface area contributed by atoms with Crippen molar-refractivity contribution in [2.75, 3.05) is 6.61 Å². The van der Waals surface area contributed by atoms with E-state index in [1.807, 2.05) is 48.5 Å². The molecule has 0 saturated heterocycles. The topological polar surface area (TPSA) is 102 Å². The molecule has 0 spiro atoms. The van der Waals surface area contributed by atoms with E-state index in [9.17, 15) is 19.2 Å². The summed E-state index contributed by atoms with van der Waals surface area (Å²) in [4.78, 5) is 57.1. The van der Waals surface area contributed by atoms with Crippen LogP contribution in [0.5, 0.6) is 0 Å². The number of hydrogen-bond donors (Lipinski definition) is 1. The Hall–Kier alpha value is -4.95. The number of fused-ring (bicyclic) bond motifs is 4. The van der Waals surface area contributed by atoms with E-state index in [4.69, 9.17) is 21.2 Å². The number of nitrogens with one attached hydrogen (secondary N) is 1. The number of ether oxygens (including phenoxy) is 1. The average molecular weight is 567 g/mol. The van der Waals surface area contributed by atoms with Gasteiger partial charge in [0, 0.05) is 17.4 Å². The predicted molar refractivity (Wildman–Crippen MR) is 150 cm³/mol. The maximum Gasteiger partial charge on any atom is 0.407 e. The molecule has 0 saturated carbocycles. The third-order valence-corrected chi connectivity index (χ3v) is 7.61. The standard InChI is InChI=1S/C32H23ClN2O6/c33-27-16-8-1-9-19(27)17-28(31(38)41-35-29(36)24-14-6-7-15-25(24)30(35)37)34-32(39)40-18-26-22-12-4-2-10-20(22)21-11-3-5-13-23(21)26/h1-16,26,28H,17-18H2,(H,34,39)/t28-/m0/s1. The number of hydroxylamine groups is 2. The van der Waals surface area contributed by atoms with Crippen molar-refractivity contribution in [1.82, 2.24) is 10.4 Å². The quantitative estimate of drug-likeness (QED) is 0.295.